The van der Waals surface area contributed by atoms with E-state index in [1.54, 1.807) is 7.11 Å². The van der Waals surface area contributed by atoms with Gasteiger partial charge in [0, 0.05) is 50.9 Å². The number of piperazine rings is 1. The molecule has 140 valence electrons. The Labute approximate surface area is 153 Å². The summed E-state index contributed by atoms with van der Waals surface area (Å²) in [5.74, 6) is 0.909. The molecule has 1 aromatic carbocycles. The maximum absolute atomic E-state index is 9.43. The number of para-hydroxylation sites is 1. The standard InChI is InChI=1S/C21H34N2O2/c1-21(2,3)17-23-14-13-22(16-19(23)11-15-24)12-7-9-18-8-5-6-10-20(18)25-4/h5-10,19,24H,11-17H2,1-4H3. The van der Waals surface area contributed by atoms with E-state index in [-0.39, 0.29) is 6.61 Å². The van der Waals surface area contributed by atoms with Crippen molar-refractivity contribution < 1.29 is 9.84 Å². The lowest BCUT2D eigenvalue weighted by molar-refractivity contribution is 0.0420. The Balaban J connectivity index is 1.92. The zero-order valence-electron chi connectivity index (χ0n) is 16.2. The maximum atomic E-state index is 9.43. The van der Waals surface area contributed by atoms with E-state index in [0.29, 0.717) is 11.5 Å². The SMILES string of the molecule is COc1ccccc1C=CCN1CCN(CC(C)(C)C)C(CCO)C1. The van der Waals surface area contributed by atoms with Crippen LogP contribution in [-0.2, 0) is 0 Å². The number of nitrogens with zero attached hydrogens (tertiary/aromatic N) is 2. The van der Waals surface area contributed by atoms with Crippen molar-refractivity contribution >= 4 is 6.08 Å². The fourth-order valence-electron chi connectivity index (χ4n) is 3.50. The third-order valence-corrected chi connectivity index (χ3v) is 4.63. The van der Waals surface area contributed by atoms with Crippen LogP contribution < -0.4 is 4.74 Å². The summed E-state index contributed by atoms with van der Waals surface area (Å²) in [6.07, 6.45) is 5.21. The molecule has 1 aliphatic heterocycles. The summed E-state index contributed by atoms with van der Waals surface area (Å²) in [5, 5.41) is 9.43. The van der Waals surface area contributed by atoms with E-state index in [9.17, 15) is 5.11 Å². The summed E-state index contributed by atoms with van der Waals surface area (Å²) in [5.41, 5.74) is 1.41. The van der Waals surface area contributed by atoms with Gasteiger partial charge in [-0.3, -0.25) is 9.80 Å². The first-order valence-electron chi connectivity index (χ1n) is 9.30. The summed E-state index contributed by atoms with van der Waals surface area (Å²) < 4.78 is 5.40. The first-order chi connectivity index (χ1) is 11.9. The van der Waals surface area contributed by atoms with Crippen LogP contribution in [0, 0.1) is 5.41 Å². The molecule has 1 unspecified atom stereocenters. The molecular weight excluding hydrogens is 312 g/mol. The van der Waals surface area contributed by atoms with Gasteiger partial charge in [0.05, 0.1) is 7.11 Å². The smallest absolute Gasteiger partial charge is 0.126 e. The van der Waals surface area contributed by atoms with Crippen molar-refractivity contribution in [2.75, 3.05) is 46.4 Å². The van der Waals surface area contributed by atoms with Gasteiger partial charge in [-0.05, 0) is 17.9 Å². The van der Waals surface area contributed by atoms with E-state index >= 15 is 0 Å². The molecule has 1 N–H and O–H groups in total. The van der Waals surface area contributed by atoms with Crippen molar-refractivity contribution in [3.63, 3.8) is 0 Å². The van der Waals surface area contributed by atoms with Crippen LogP contribution >= 0.6 is 0 Å². The predicted molar refractivity (Wildman–Crippen MR) is 105 cm³/mol. The van der Waals surface area contributed by atoms with Gasteiger partial charge in [-0.15, -0.1) is 0 Å². The first-order valence-corrected chi connectivity index (χ1v) is 9.30. The Bertz CT molecular complexity index is 551. The second-order valence-electron chi connectivity index (χ2n) is 8.10. The lowest BCUT2D eigenvalue weighted by Gasteiger charge is -2.43. The monoisotopic (exact) mass is 346 g/mol. The minimum atomic E-state index is 0.260. The summed E-state index contributed by atoms with van der Waals surface area (Å²) in [6, 6.07) is 8.53. The molecule has 1 fully saturated rings. The molecule has 0 spiro atoms. The Morgan fingerprint density at radius 3 is 2.68 bits per heavy atom. The van der Waals surface area contributed by atoms with Crippen LogP contribution in [0.4, 0.5) is 0 Å². The van der Waals surface area contributed by atoms with Crippen molar-refractivity contribution in [3.05, 3.63) is 35.9 Å². The quantitative estimate of drug-likeness (QED) is 0.823. The predicted octanol–water partition coefficient (Wildman–Crippen LogP) is 3.12. The molecule has 0 amide bonds. The van der Waals surface area contributed by atoms with Crippen LogP contribution in [0.15, 0.2) is 30.3 Å². The van der Waals surface area contributed by atoms with Gasteiger partial charge in [-0.25, -0.2) is 0 Å². The average Bonchev–Trinajstić information content (AvgIpc) is 2.56. The van der Waals surface area contributed by atoms with Crippen molar-refractivity contribution in [2.45, 2.75) is 33.2 Å². The molecule has 1 aromatic rings. The van der Waals surface area contributed by atoms with Gasteiger partial charge >= 0.3 is 0 Å². The highest BCUT2D eigenvalue weighted by molar-refractivity contribution is 5.57. The Morgan fingerprint density at radius 2 is 2.00 bits per heavy atom. The number of benzene rings is 1. The third kappa shape index (κ3) is 6.46. The highest BCUT2D eigenvalue weighted by Crippen LogP contribution is 2.22. The molecule has 25 heavy (non-hydrogen) atoms. The minimum absolute atomic E-state index is 0.260. The van der Waals surface area contributed by atoms with E-state index in [0.717, 1.165) is 50.5 Å². The van der Waals surface area contributed by atoms with Crippen molar-refractivity contribution in [2.24, 2.45) is 5.41 Å². The van der Waals surface area contributed by atoms with Gasteiger partial charge in [0.15, 0.2) is 0 Å². The first kappa shape index (κ1) is 20.0. The van der Waals surface area contributed by atoms with Crippen molar-refractivity contribution in [1.29, 1.82) is 0 Å². The van der Waals surface area contributed by atoms with Crippen molar-refractivity contribution in [1.82, 2.24) is 9.80 Å². The lowest BCUT2D eigenvalue weighted by Crippen LogP contribution is -2.55. The van der Waals surface area contributed by atoms with Crippen LogP contribution in [0.1, 0.15) is 32.8 Å². The number of rotatable bonds is 7. The number of hydrogen-bond donors (Lipinski definition) is 1. The molecular formula is C21H34N2O2. The molecule has 0 aliphatic carbocycles. The largest absolute Gasteiger partial charge is 0.496 e. The van der Waals surface area contributed by atoms with Crippen LogP contribution in [0.5, 0.6) is 5.75 Å². The lowest BCUT2D eigenvalue weighted by atomic mass is 9.94. The third-order valence-electron chi connectivity index (χ3n) is 4.63. The van der Waals surface area contributed by atoms with Gasteiger partial charge in [0.1, 0.15) is 5.75 Å². The average molecular weight is 347 g/mol. The van der Waals surface area contributed by atoms with Crippen LogP contribution in [0.2, 0.25) is 0 Å². The zero-order valence-corrected chi connectivity index (χ0v) is 16.2. The van der Waals surface area contributed by atoms with Gasteiger partial charge in [0.2, 0.25) is 0 Å². The number of hydrogen-bond acceptors (Lipinski definition) is 4. The topological polar surface area (TPSA) is 35.9 Å². The van der Waals surface area contributed by atoms with E-state index in [4.69, 9.17) is 4.74 Å². The molecule has 0 radical (unpaired) electrons. The van der Waals surface area contributed by atoms with Gasteiger partial charge in [0.25, 0.3) is 0 Å². The summed E-state index contributed by atoms with van der Waals surface area (Å²) >= 11 is 0. The molecule has 1 aliphatic rings. The van der Waals surface area contributed by atoms with Crippen LogP contribution in [0.3, 0.4) is 0 Å². The highest BCUT2D eigenvalue weighted by atomic mass is 16.5. The maximum Gasteiger partial charge on any atom is 0.126 e. The van der Waals surface area contributed by atoms with Gasteiger partial charge in [-0.2, -0.15) is 0 Å². The van der Waals surface area contributed by atoms with Crippen LogP contribution in [0.25, 0.3) is 6.08 Å². The van der Waals surface area contributed by atoms with E-state index < -0.39 is 0 Å². The second-order valence-corrected chi connectivity index (χ2v) is 8.10. The minimum Gasteiger partial charge on any atom is -0.496 e. The zero-order chi connectivity index (χ0) is 18.3. The molecule has 1 saturated heterocycles. The number of ether oxygens (including phenoxy) is 1. The number of methoxy groups -OCH3 is 1. The Morgan fingerprint density at radius 1 is 1.24 bits per heavy atom. The number of aliphatic hydroxyl groups excluding tert-OH is 1. The molecule has 0 bridgehead atoms. The highest BCUT2D eigenvalue weighted by Gasteiger charge is 2.28. The summed E-state index contributed by atoms with van der Waals surface area (Å²) in [7, 11) is 1.71. The van der Waals surface area contributed by atoms with Crippen molar-refractivity contribution in [3.8, 4) is 5.75 Å². The number of aliphatic hydroxyl groups is 1. The van der Waals surface area contributed by atoms with Gasteiger partial charge < -0.3 is 9.84 Å². The molecule has 0 aromatic heterocycles. The molecule has 2 rings (SSSR count). The molecule has 1 atom stereocenters. The summed E-state index contributed by atoms with van der Waals surface area (Å²) in [6.45, 7) is 12.3. The molecule has 4 heteroatoms. The van der Waals surface area contributed by atoms with E-state index in [1.807, 2.05) is 18.2 Å². The molecule has 1 heterocycles. The van der Waals surface area contributed by atoms with E-state index in [1.165, 1.54) is 0 Å². The van der Waals surface area contributed by atoms with Gasteiger partial charge in [-0.1, -0.05) is 51.1 Å². The molecule has 4 nitrogen and oxygen atoms in total. The Kier molecular flexibility index (Phi) is 7.48. The normalized spacial score (nSPS) is 20.3. The summed E-state index contributed by atoms with van der Waals surface area (Å²) in [4.78, 5) is 5.03. The molecule has 0 saturated carbocycles. The fraction of sp³-hybridized carbons (Fsp3) is 0.619. The fourth-order valence-corrected chi connectivity index (χ4v) is 3.50. The Hall–Kier alpha value is -1.36. The second kappa shape index (κ2) is 9.37. The van der Waals surface area contributed by atoms with E-state index in [2.05, 4.69) is 48.8 Å². The van der Waals surface area contributed by atoms with Crippen LogP contribution in [-0.4, -0.2) is 67.4 Å².